The van der Waals surface area contributed by atoms with Crippen LogP contribution in [0.4, 0.5) is 4.79 Å². The molecule has 0 spiro atoms. The first-order valence-electron chi connectivity index (χ1n) is 4.12. The second kappa shape index (κ2) is 3.16. The molecule has 15 heavy (non-hydrogen) atoms. The molecule has 3 amide bonds. The van der Waals surface area contributed by atoms with E-state index < -0.39 is 28.6 Å². The maximum absolute atomic E-state index is 11.5. The highest BCUT2D eigenvalue weighted by Crippen LogP contribution is 2.25. The molecule has 8 heteroatoms. The number of nitrogens with zero attached hydrogens (tertiary/aromatic N) is 3. The van der Waals surface area contributed by atoms with Gasteiger partial charge in [-0.3, -0.25) is 24.7 Å². The molecule has 0 radical (unpaired) electrons. The van der Waals surface area contributed by atoms with Crippen LogP contribution in [-0.2, 0) is 4.79 Å². The fraction of sp³-hybridized carbons (Fsp3) is 0.714. The van der Waals surface area contributed by atoms with Gasteiger partial charge in [0.25, 0.3) is 0 Å². The van der Waals surface area contributed by atoms with Crippen molar-refractivity contribution in [2.45, 2.75) is 18.7 Å². The first-order valence-corrected chi connectivity index (χ1v) is 4.12. The largest absolute Gasteiger partial charge is 0.367 e. The van der Waals surface area contributed by atoms with Gasteiger partial charge < -0.3 is 5.11 Å². The van der Waals surface area contributed by atoms with E-state index in [9.17, 15) is 24.8 Å². The first kappa shape index (κ1) is 11.4. The lowest BCUT2D eigenvalue weighted by Crippen LogP contribution is -2.70. The van der Waals surface area contributed by atoms with Crippen LogP contribution < -0.4 is 0 Å². The van der Waals surface area contributed by atoms with Crippen molar-refractivity contribution in [2.24, 2.45) is 0 Å². The number of carbonyl (C=O) groups is 2. The van der Waals surface area contributed by atoms with Crippen molar-refractivity contribution in [3.05, 3.63) is 10.1 Å². The molecule has 0 aromatic heterocycles. The van der Waals surface area contributed by atoms with Crippen LogP contribution in [0, 0.1) is 10.1 Å². The highest BCUT2D eigenvalue weighted by Gasteiger charge is 2.61. The van der Waals surface area contributed by atoms with E-state index >= 15 is 0 Å². The van der Waals surface area contributed by atoms with Crippen LogP contribution in [0.15, 0.2) is 0 Å². The third kappa shape index (κ3) is 1.25. The summed E-state index contributed by atoms with van der Waals surface area (Å²) in [5.41, 5.74) is -2.21. The summed E-state index contributed by atoms with van der Waals surface area (Å²) >= 11 is 0. The molecular formula is C7H11N3O5. The van der Waals surface area contributed by atoms with Gasteiger partial charge in [-0.1, -0.05) is 0 Å². The lowest BCUT2D eigenvalue weighted by Gasteiger charge is -2.39. The Labute approximate surface area is 85.2 Å². The third-order valence-corrected chi connectivity index (χ3v) is 2.58. The van der Waals surface area contributed by atoms with Crippen LogP contribution in [0.2, 0.25) is 0 Å². The van der Waals surface area contributed by atoms with Crippen molar-refractivity contribution < 1.29 is 19.6 Å². The van der Waals surface area contributed by atoms with Gasteiger partial charge in [-0.15, -0.1) is 0 Å². The molecule has 84 valence electrons. The SMILES string of the molecule is CN1C(=O)N(C)C(O)C(C)([N+](=O)[O-])C1=O. The Hall–Kier alpha value is -1.70. The molecule has 0 aromatic rings. The molecule has 0 aliphatic carbocycles. The van der Waals surface area contributed by atoms with Crippen LogP contribution in [0.1, 0.15) is 6.92 Å². The van der Waals surface area contributed by atoms with Gasteiger partial charge in [-0.05, 0) is 0 Å². The van der Waals surface area contributed by atoms with Crippen LogP contribution >= 0.6 is 0 Å². The molecule has 1 saturated heterocycles. The molecule has 1 fully saturated rings. The Bertz CT molecular complexity index is 344. The van der Waals surface area contributed by atoms with Gasteiger partial charge >= 0.3 is 17.5 Å². The average Bonchev–Trinajstić information content (AvgIpc) is 2.20. The number of nitro groups is 1. The molecule has 2 atom stereocenters. The lowest BCUT2D eigenvalue weighted by molar-refractivity contribution is -0.568. The zero-order valence-electron chi connectivity index (χ0n) is 8.50. The normalized spacial score (nSPS) is 32.1. The van der Waals surface area contributed by atoms with Crippen LogP contribution in [0.3, 0.4) is 0 Å². The Morgan fingerprint density at radius 2 is 1.93 bits per heavy atom. The lowest BCUT2D eigenvalue weighted by atomic mass is 9.96. The number of hydrogen-bond donors (Lipinski definition) is 1. The molecule has 1 aliphatic heterocycles. The van der Waals surface area contributed by atoms with Gasteiger partial charge in [-0.2, -0.15) is 0 Å². The van der Waals surface area contributed by atoms with Gasteiger partial charge in [0, 0.05) is 25.9 Å². The predicted molar refractivity (Wildman–Crippen MR) is 47.3 cm³/mol. The number of aliphatic hydroxyl groups excluding tert-OH is 1. The maximum Gasteiger partial charge on any atom is 0.340 e. The van der Waals surface area contributed by atoms with Crippen LogP contribution in [0.25, 0.3) is 0 Å². The van der Waals surface area contributed by atoms with Gasteiger partial charge in [0.15, 0.2) is 0 Å². The highest BCUT2D eigenvalue weighted by molar-refractivity contribution is 6.01. The molecular weight excluding hydrogens is 206 g/mol. The van der Waals surface area contributed by atoms with E-state index in [1.54, 1.807) is 0 Å². The number of carbonyl (C=O) groups excluding carboxylic acids is 2. The van der Waals surface area contributed by atoms with E-state index in [0.29, 0.717) is 4.90 Å². The number of amides is 3. The molecule has 0 bridgehead atoms. The van der Waals surface area contributed by atoms with E-state index in [2.05, 4.69) is 0 Å². The first-order chi connectivity index (χ1) is 6.74. The molecule has 2 unspecified atom stereocenters. The van der Waals surface area contributed by atoms with Crippen LogP contribution in [0.5, 0.6) is 0 Å². The molecule has 1 heterocycles. The fourth-order valence-corrected chi connectivity index (χ4v) is 1.43. The maximum atomic E-state index is 11.5. The number of hydrogen-bond acceptors (Lipinski definition) is 5. The summed E-state index contributed by atoms with van der Waals surface area (Å²) in [6, 6.07) is -0.771. The monoisotopic (exact) mass is 217 g/mol. The minimum absolute atomic E-state index is 0.621. The van der Waals surface area contributed by atoms with Crippen LogP contribution in [-0.4, -0.2) is 57.6 Å². The van der Waals surface area contributed by atoms with Crippen molar-refractivity contribution in [1.29, 1.82) is 0 Å². The minimum Gasteiger partial charge on any atom is -0.367 e. The van der Waals surface area contributed by atoms with E-state index in [4.69, 9.17) is 0 Å². The number of rotatable bonds is 1. The summed E-state index contributed by atoms with van der Waals surface area (Å²) in [6.07, 6.45) is -1.76. The van der Waals surface area contributed by atoms with E-state index in [1.807, 2.05) is 0 Å². The number of likely N-dealkylation sites (N-methyl/N-ethyl adjacent to an activating group) is 2. The molecule has 0 saturated carbocycles. The molecule has 8 nitrogen and oxygen atoms in total. The summed E-state index contributed by atoms with van der Waals surface area (Å²) < 4.78 is 0. The summed E-state index contributed by atoms with van der Waals surface area (Å²) in [4.78, 5) is 34.1. The van der Waals surface area contributed by atoms with E-state index in [1.165, 1.54) is 7.05 Å². The molecule has 1 N–H and O–H groups in total. The second-order valence-corrected chi connectivity index (χ2v) is 3.54. The second-order valence-electron chi connectivity index (χ2n) is 3.54. The highest BCUT2D eigenvalue weighted by atomic mass is 16.6. The van der Waals surface area contributed by atoms with Crippen molar-refractivity contribution in [3.63, 3.8) is 0 Å². The minimum atomic E-state index is -2.21. The smallest absolute Gasteiger partial charge is 0.340 e. The van der Waals surface area contributed by atoms with E-state index in [0.717, 1.165) is 18.9 Å². The fourth-order valence-electron chi connectivity index (χ4n) is 1.43. The van der Waals surface area contributed by atoms with Crippen molar-refractivity contribution in [1.82, 2.24) is 9.80 Å². The van der Waals surface area contributed by atoms with Crippen molar-refractivity contribution in [2.75, 3.05) is 14.1 Å². The Balaban J connectivity index is 3.24. The quantitative estimate of drug-likeness (QED) is 0.441. The summed E-state index contributed by atoms with van der Waals surface area (Å²) in [5, 5.41) is 20.3. The van der Waals surface area contributed by atoms with Crippen molar-refractivity contribution >= 4 is 11.9 Å². The topological polar surface area (TPSA) is 104 Å². The average molecular weight is 217 g/mol. The molecule has 1 aliphatic rings. The van der Waals surface area contributed by atoms with Gasteiger partial charge in [0.1, 0.15) is 0 Å². The zero-order chi connectivity index (χ0) is 12.0. The molecule has 1 rings (SSSR count). The van der Waals surface area contributed by atoms with Gasteiger partial charge in [0.2, 0.25) is 6.23 Å². The third-order valence-electron chi connectivity index (χ3n) is 2.58. The van der Waals surface area contributed by atoms with E-state index in [-0.39, 0.29) is 0 Å². The summed E-state index contributed by atoms with van der Waals surface area (Å²) in [6.45, 7) is 0.986. The number of urea groups is 1. The predicted octanol–water partition coefficient (Wildman–Crippen LogP) is -1.14. The Kier molecular flexibility index (Phi) is 2.40. The Morgan fingerprint density at radius 1 is 1.47 bits per heavy atom. The number of imide groups is 1. The van der Waals surface area contributed by atoms with Gasteiger partial charge in [-0.25, -0.2) is 4.79 Å². The Morgan fingerprint density at radius 3 is 2.33 bits per heavy atom. The number of aliphatic hydroxyl groups is 1. The van der Waals surface area contributed by atoms with Crippen molar-refractivity contribution in [3.8, 4) is 0 Å². The standard InChI is InChI=1S/C7H11N3O5/c1-7(10(14)15)4(11)8(2)6(13)9(3)5(7)12/h4,11H,1-3H3. The summed E-state index contributed by atoms with van der Waals surface area (Å²) in [7, 11) is 2.33. The summed E-state index contributed by atoms with van der Waals surface area (Å²) in [5.74, 6) is -1.02. The van der Waals surface area contributed by atoms with Gasteiger partial charge in [0.05, 0.1) is 0 Å². The zero-order valence-corrected chi connectivity index (χ0v) is 8.50. The molecule has 0 aromatic carbocycles.